The van der Waals surface area contributed by atoms with Crippen molar-refractivity contribution >= 4 is 11.7 Å². The molecule has 1 unspecified atom stereocenters. The summed E-state index contributed by atoms with van der Waals surface area (Å²) < 4.78 is 38.9. The zero-order valence-electron chi connectivity index (χ0n) is 13.4. The molecule has 1 saturated heterocycles. The van der Waals surface area contributed by atoms with Crippen molar-refractivity contribution in [2.75, 3.05) is 24.5 Å². The van der Waals surface area contributed by atoms with Crippen LogP contribution in [-0.2, 0) is 18.9 Å². The third-order valence-electron chi connectivity index (χ3n) is 4.08. The summed E-state index contributed by atoms with van der Waals surface area (Å²) in [6, 6.07) is 1.29. The van der Waals surface area contributed by atoms with Gasteiger partial charge >= 0.3 is 11.9 Å². The molecule has 7 nitrogen and oxygen atoms in total. The molecule has 24 heavy (non-hydrogen) atoms. The van der Waals surface area contributed by atoms with Crippen molar-refractivity contribution in [1.29, 1.82) is 0 Å². The molecule has 1 fully saturated rings. The summed E-state index contributed by atoms with van der Waals surface area (Å²) in [6.07, 6.45) is -3.42. The Kier molecular flexibility index (Phi) is 5.05. The van der Waals surface area contributed by atoms with E-state index in [0.717, 1.165) is 4.57 Å². The number of carbonyl (C=O) groups is 1. The van der Waals surface area contributed by atoms with E-state index in [9.17, 15) is 27.6 Å². The van der Waals surface area contributed by atoms with Gasteiger partial charge in [-0.3, -0.25) is 18.7 Å². The van der Waals surface area contributed by atoms with Crippen LogP contribution in [0.4, 0.5) is 19.0 Å². The number of piperidine rings is 1. The molecule has 0 aromatic carbocycles. The Balaban J connectivity index is 2.16. The van der Waals surface area contributed by atoms with Crippen LogP contribution in [0, 0.1) is 5.92 Å². The number of anilines is 1. The predicted molar refractivity (Wildman–Crippen MR) is 80.9 cm³/mol. The van der Waals surface area contributed by atoms with Crippen LogP contribution in [0.25, 0.3) is 0 Å². The summed E-state index contributed by atoms with van der Waals surface area (Å²) in [5, 5.41) is 1.89. The number of aromatic nitrogens is 2. The number of amides is 1. The van der Waals surface area contributed by atoms with Crippen molar-refractivity contribution in [3.63, 3.8) is 0 Å². The van der Waals surface area contributed by atoms with Crippen molar-refractivity contribution in [1.82, 2.24) is 14.5 Å². The van der Waals surface area contributed by atoms with Gasteiger partial charge in [0.2, 0.25) is 5.91 Å². The first kappa shape index (κ1) is 18.1. The monoisotopic (exact) mass is 348 g/mol. The first-order valence-corrected chi connectivity index (χ1v) is 7.46. The highest BCUT2D eigenvalue weighted by atomic mass is 19.4. The molecule has 1 aromatic rings. The van der Waals surface area contributed by atoms with Gasteiger partial charge in [-0.05, 0) is 12.8 Å². The smallest absolute Gasteiger partial charge is 0.357 e. The summed E-state index contributed by atoms with van der Waals surface area (Å²) in [4.78, 5) is 37.4. The van der Waals surface area contributed by atoms with Gasteiger partial charge in [-0.15, -0.1) is 0 Å². The van der Waals surface area contributed by atoms with E-state index in [4.69, 9.17) is 0 Å². The molecule has 10 heteroatoms. The molecule has 0 bridgehead atoms. The lowest BCUT2D eigenvalue weighted by molar-refractivity contribution is -0.140. The van der Waals surface area contributed by atoms with Gasteiger partial charge in [-0.2, -0.15) is 13.2 Å². The van der Waals surface area contributed by atoms with Crippen molar-refractivity contribution < 1.29 is 18.0 Å². The van der Waals surface area contributed by atoms with Gasteiger partial charge in [0.1, 0.15) is 12.4 Å². The minimum absolute atomic E-state index is 0.157. The molecule has 2 heterocycles. The van der Waals surface area contributed by atoms with E-state index in [0.29, 0.717) is 25.2 Å². The number of rotatable bonds is 3. The topological polar surface area (TPSA) is 76.3 Å². The Morgan fingerprint density at radius 1 is 1.29 bits per heavy atom. The second-order valence-electron chi connectivity index (χ2n) is 5.86. The van der Waals surface area contributed by atoms with Gasteiger partial charge < -0.3 is 10.2 Å². The average molecular weight is 348 g/mol. The molecular weight excluding hydrogens is 329 g/mol. The van der Waals surface area contributed by atoms with Gasteiger partial charge in [-0.25, -0.2) is 4.79 Å². The molecule has 1 aliphatic heterocycles. The number of nitrogens with zero attached hydrogens (tertiary/aromatic N) is 3. The fourth-order valence-corrected chi connectivity index (χ4v) is 2.76. The number of hydrogen-bond donors (Lipinski definition) is 1. The van der Waals surface area contributed by atoms with Crippen LogP contribution in [0.15, 0.2) is 15.7 Å². The Bertz CT molecular complexity index is 738. The molecule has 1 aliphatic rings. The van der Waals surface area contributed by atoms with Crippen LogP contribution < -0.4 is 21.5 Å². The number of nitrogens with one attached hydrogen (secondary N) is 1. The second-order valence-corrected chi connectivity index (χ2v) is 5.86. The van der Waals surface area contributed by atoms with Crippen LogP contribution in [0.5, 0.6) is 0 Å². The van der Waals surface area contributed by atoms with E-state index in [2.05, 4.69) is 0 Å². The Morgan fingerprint density at radius 2 is 1.96 bits per heavy atom. The maximum Gasteiger partial charge on any atom is 0.405 e. The second kappa shape index (κ2) is 6.70. The van der Waals surface area contributed by atoms with E-state index in [1.165, 1.54) is 24.7 Å². The van der Waals surface area contributed by atoms with E-state index in [1.807, 2.05) is 5.32 Å². The Labute approximate surface area is 135 Å². The van der Waals surface area contributed by atoms with E-state index >= 15 is 0 Å². The molecule has 0 radical (unpaired) electrons. The van der Waals surface area contributed by atoms with Crippen LogP contribution in [0.2, 0.25) is 0 Å². The quantitative estimate of drug-likeness (QED) is 0.833. The van der Waals surface area contributed by atoms with Gasteiger partial charge in [0.05, 0.1) is 5.92 Å². The van der Waals surface area contributed by atoms with Gasteiger partial charge in [0.25, 0.3) is 5.56 Å². The number of hydrogen-bond acceptors (Lipinski definition) is 4. The average Bonchev–Trinajstić information content (AvgIpc) is 2.53. The van der Waals surface area contributed by atoms with Crippen LogP contribution in [-0.4, -0.2) is 40.9 Å². The molecule has 1 amide bonds. The summed E-state index contributed by atoms with van der Waals surface area (Å²) in [5.41, 5.74) is -0.974. The highest BCUT2D eigenvalue weighted by Crippen LogP contribution is 2.22. The molecule has 1 aromatic heterocycles. The highest BCUT2D eigenvalue weighted by Gasteiger charge is 2.32. The zero-order chi connectivity index (χ0) is 18.1. The zero-order valence-corrected chi connectivity index (χ0v) is 13.4. The normalized spacial score (nSPS) is 18.5. The standard InChI is InChI=1S/C14H19F3N4O3/c1-19-10(6-11(22)20(2)13(19)24)21-5-3-4-9(7-21)12(23)18-8-14(15,16)17/h6,9H,3-5,7-8H2,1-2H3,(H,18,23). The summed E-state index contributed by atoms with van der Waals surface area (Å²) in [5.74, 6) is -0.942. The molecule has 0 spiro atoms. The van der Waals surface area contributed by atoms with Crippen molar-refractivity contribution in [3.05, 3.63) is 26.9 Å². The first-order valence-electron chi connectivity index (χ1n) is 7.46. The third-order valence-corrected chi connectivity index (χ3v) is 4.08. The van der Waals surface area contributed by atoms with E-state index < -0.39 is 35.8 Å². The van der Waals surface area contributed by atoms with E-state index in [-0.39, 0.29) is 6.54 Å². The molecule has 0 aliphatic carbocycles. The lowest BCUT2D eigenvalue weighted by Crippen LogP contribution is -2.47. The van der Waals surface area contributed by atoms with Gasteiger partial charge in [-0.1, -0.05) is 0 Å². The van der Waals surface area contributed by atoms with E-state index in [1.54, 1.807) is 4.90 Å². The van der Waals surface area contributed by atoms with Crippen LogP contribution >= 0.6 is 0 Å². The summed E-state index contributed by atoms with van der Waals surface area (Å²) in [7, 11) is 2.86. The SMILES string of the molecule is Cn1c(N2CCCC(C(=O)NCC(F)(F)F)C2)cc(=O)n(C)c1=O. The Morgan fingerprint density at radius 3 is 2.58 bits per heavy atom. The van der Waals surface area contributed by atoms with Crippen molar-refractivity contribution in [3.8, 4) is 0 Å². The molecular formula is C14H19F3N4O3. The maximum atomic E-state index is 12.2. The molecule has 134 valence electrons. The Hall–Kier alpha value is -2.26. The molecule has 1 N–H and O–H groups in total. The number of halogens is 3. The fourth-order valence-electron chi connectivity index (χ4n) is 2.76. The first-order chi connectivity index (χ1) is 11.1. The van der Waals surface area contributed by atoms with Gasteiger partial charge in [0.15, 0.2) is 0 Å². The highest BCUT2D eigenvalue weighted by molar-refractivity contribution is 5.79. The third kappa shape index (κ3) is 3.98. The van der Waals surface area contributed by atoms with Crippen LogP contribution in [0.1, 0.15) is 12.8 Å². The minimum Gasteiger partial charge on any atom is -0.357 e. The largest absolute Gasteiger partial charge is 0.405 e. The minimum atomic E-state index is -4.46. The van der Waals surface area contributed by atoms with Crippen molar-refractivity contribution in [2.45, 2.75) is 19.0 Å². The van der Waals surface area contributed by atoms with Crippen molar-refractivity contribution in [2.24, 2.45) is 20.0 Å². The maximum absolute atomic E-state index is 12.2. The summed E-state index contributed by atoms with van der Waals surface area (Å²) in [6.45, 7) is -0.694. The molecule has 1 atom stereocenters. The lowest BCUT2D eigenvalue weighted by Gasteiger charge is -2.34. The fraction of sp³-hybridized carbons (Fsp3) is 0.643. The van der Waals surface area contributed by atoms with Gasteiger partial charge in [0, 0.05) is 33.3 Å². The number of carbonyl (C=O) groups excluding carboxylic acids is 1. The summed E-state index contributed by atoms with van der Waals surface area (Å²) >= 11 is 0. The predicted octanol–water partition coefficient (Wildman–Crippen LogP) is -0.0211. The lowest BCUT2D eigenvalue weighted by atomic mass is 9.97. The van der Waals surface area contributed by atoms with Crippen LogP contribution in [0.3, 0.4) is 0 Å². The molecule has 2 rings (SSSR count). The molecule has 0 saturated carbocycles. The number of alkyl halides is 3.